The number of aliphatic hydroxyl groups excluding tert-OH is 2. The standard InChI is InChI=1S/C26H29NO4.2C24H27NO4.C24H31NO2/c1-4-13-27-14-12-26-18-9-10-20(28)25(26)31-24-21(30-22(29)7-5-6-16(2)3)11-8-17(23(24)26)15-19(18)27;2*1-14(2)5-4-6-20(27)28-19-10-7-15-13-17-16-8-9-18(26)23-24(16,11-12-25(17)3)21(15)22(19)29-23;1-17(2)7-6-9-23(26)27-19-11-10-18-15-22-20-8-4-5-12-24(20,21(18)16-19)13-14-25(22)3/h4-11,18-20,25,28H,1,12-15H2,2-3H3;4-7,10,16-17,23H,8-9,11-13H2,1-3H3;4-10,16-18,23,26H,11-13H2,1-3H3;6-7,9-11,16,20,22H,4-5,8,12-15H2,1-3H3/b7-5+;2*6-4+;9-6+/t18?,19-,20+,25+,26+;16-,17+,23-,24-;16-,17+,18-,23-,24-;20-,22+,24+/m1001/s1. The van der Waals surface area contributed by atoms with Crippen molar-refractivity contribution in [2.75, 3.05) is 53.9 Å². The fraction of sp³-hybridized carbons (Fsp3) is 0.480. The number of carbonyl (C=O) groups is 5. The number of carbonyl (C=O) groups excluding carboxylic acids is 5. The Bertz CT molecular complexity index is 4920. The van der Waals surface area contributed by atoms with Gasteiger partial charge in [-0.25, -0.2) is 19.2 Å². The molecule has 0 aromatic heterocycles. The normalized spacial score (nSPS) is 32.0. The summed E-state index contributed by atoms with van der Waals surface area (Å²) in [5.41, 5.74) is 14.1. The first-order valence-corrected chi connectivity index (χ1v) is 42.3. The summed E-state index contributed by atoms with van der Waals surface area (Å²) in [5.74, 6) is 4.22. The molecule has 116 heavy (non-hydrogen) atoms. The van der Waals surface area contributed by atoms with Crippen LogP contribution in [0.3, 0.4) is 0 Å². The second kappa shape index (κ2) is 32.2. The van der Waals surface area contributed by atoms with Gasteiger partial charge in [0.2, 0.25) is 0 Å². The number of ketones is 1. The molecule has 19 rings (SSSR count). The van der Waals surface area contributed by atoms with Crippen molar-refractivity contribution in [1.82, 2.24) is 19.6 Å². The van der Waals surface area contributed by atoms with Crippen LogP contribution in [0.4, 0.5) is 0 Å². The molecule has 2 saturated carbocycles. The molecule has 17 atom stereocenters. The number of fused-ring (bicyclic) bond motifs is 1. The van der Waals surface area contributed by atoms with E-state index in [0.717, 1.165) is 122 Å². The van der Waals surface area contributed by atoms with Gasteiger partial charge >= 0.3 is 23.9 Å². The Hall–Kier alpha value is -9.27. The Morgan fingerprint density at radius 1 is 0.483 bits per heavy atom. The fourth-order valence-corrected chi connectivity index (χ4v) is 23.6. The molecule has 2 N–H and O–H groups in total. The number of ether oxygens (including phenoxy) is 7. The molecular formula is C98H114N4O14. The summed E-state index contributed by atoms with van der Waals surface area (Å²) in [5, 5.41) is 21.6. The van der Waals surface area contributed by atoms with Gasteiger partial charge in [0.05, 0.1) is 0 Å². The number of benzene rings is 4. The van der Waals surface area contributed by atoms with Crippen molar-refractivity contribution in [2.24, 2.45) is 23.7 Å². The van der Waals surface area contributed by atoms with Crippen LogP contribution in [0, 0.1) is 23.7 Å². The van der Waals surface area contributed by atoms with Crippen LogP contribution < -0.4 is 33.2 Å². The molecule has 4 aromatic rings. The number of aliphatic hydroxyl groups is 2. The van der Waals surface area contributed by atoms with E-state index in [1.54, 1.807) is 24.3 Å². The lowest BCUT2D eigenvalue weighted by Crippen LogP contribution is -2.65. The molecule has 3 spiro atoms. The molecular weight excluding hydrogens is 1460 g/mol. The first kappa shape index (κ1) is 80.5. The Morgan fingerprint density at radius 2 is 0.914 bits per heavy atom. The summed E-state index contributed by atoms with van der Waals surface area (Å²) in [6.07, 6.45) is 42.4. The number of hydrogen-bond donors (Lipinski definition) is 2. The minimum Gasteiger partial charge on any atom is -0.482 e. The molecule has 7 aliphatic heterocycles. The van der Waals surface area contributed by atoms with Crippen LogP contribution in [-0.2, 0) is 71.3 Å². The molecule has 18 heteroatoms. The summed E-state index contributed by atoms with van der Waals surface area (Å²) in [7, 11) is 6.67. The van der Waals surface area contributed by atoms with Crippen LogP contribution in [0.5, 0.6) is 40.2 Å². The van der Waals surface area contributed by atoms with Crippen molar-refractivity contribution in [3.05, 3.63) is 231 Å². The highest BCUT2D eigenvalue weighted by Crippen LogP contribution is 2.67. The topological polar surface area (TPSA) is 203 Å². The van der Waals surface area contributed by atoms with Crippen molar-refractivity contribution >= 4 is 29.7 Å². The van der Waals surface area contributed by atoms with E-state index in [1.165, 1.54) is 90.8 Å². The highest BCUT2D eigenvalue weighted by molar-refractivity contribution is 5.91. The van der Waals surface area contributed by atoms with Crippen LogP contribution in [0.25, 0.3) is 0 Å². The molecule has 8 aliphatic carbocycles. The quantitative estimate of drug-likeness (QED) is 0.0396. The largest absolute Gasteiger partial charge is 0.482 e. The van der Waals surface area contributed by atoms with Crippen LogP contribution >= 0.6 is 0 Å². The SMILES string of the molecule is C=CCN1CC[C@]23c4c5ccc(OC(=O)/C=C/C=C(C)C)c4O[C@H]2[C@@H](O)C=CC3[C@H]1C5.CC(C)=C/C=C/C(=O)Oc1ccc2c(c1)[C@]13CCCC[C@@H]1[C@H](C2)N(C)CC3.CC(C)=C/C=C/C(=O)Oc1ccc2c3c1O[C@H]1C(=O)CC[C@H]4[C@@H](C2)N(C)CC[C@]314.CC(C)=C/C=C/C(=O)Oc1ccc2c3c1O[C@H]1[C@@H](O)C=C[C@H]4[C@@H](C2)N(C)CC[C@@]341. The third kappa shape index (κ3) is 14.1. The zero-order chi connectivity index (χ0) is 81.4. The number of nitrogens with zero attached hydrogens (tertiary/aromatic N) is 4. The lowest BCUT2D eigenvalue weighted by molar-refractivity contribution is -0.138. The van der Waals surface area contributed by atoms with E-state index in [9.17, 15) is 34.2 Å². The molecule has 6 fully saturated rings. The number of esters is 4. The monoisotopic (exact) mass is 1570 g/mol. The smallest absolute Gasteiger partial charge is 0.336 e. The minimum atomic E-state index is -0.678. The van der Waals surface area contributed by atoms with Crippen molar-refractivity contribution in [3.63, 3.8) is 0 Å². The van der Waals surface area contributed by atoms with E-state index >= 15 is 0 Å². The molecule has 0 radical (unpaired) electrons. The predicted octanol–water partition coefficient (Wildman–Crippen LogP) is 14.6. The molecule has 4 aromatic carbocycles. The van der Waals surface area contributed by atoms with Crippen LogP contribution in [0.1, 0.15) is 164 Å². The molecule has 15 aliphatic rings. The van der Waals surface area contributed by atoms with E-state index in [0.29, 0.717) is 88.1 Å². The van der Waals surface area contributed by atoms with E-state index in [2.05, 4.69) is 89.8 Å². The maximum atomic E-state index is 12.9. The highest BCUT2D eigenvalue weighted by atomic mass is 16.6. The number of rotatable bonds is 14. The van der Waals surface area contributed by atoms with Gasteiger partial charge in [0.25, 0.3) is 0 Å². The molecule has 18 nitrogen and oxygen atoms in total. The Kier molecular flexibility index (Phi) is 22.4. The van der Waals surface area contributed by atoms with Gasteiger partial charge in [-0.05, 0) is 243 Å². The van der Waals surface area contributed by atoms with E-state index in [-0.39, 0.29) is 46.1 Å². The third-order valence-electron chi connectivity index (χ3n) is 28.4. The average molecular weight is 1570 g/mol. The second-order valence-corrected chi connectivity index (χ2v) is 36.1. The number of likely N-dealkylation sites (N-methyl/N-ethyl adjacent to an activating group) is 3. The summed E-state index contributed by atoms with van der Waals surface area (Å²) < 4.78 is 41.7. The Labute approximate surface area is 683 Å². The van der Waals surface area contributed by atoms with Gasteiger partial charge in [0, 0.05) is 112 Å². The van der Waals surface area contributed by atoms with Gasteiger partial charge in [-0.2, -0.15) is 0 Å². The highest BCUT2D eigenvalue weighted by Gasteiger charge is 2.68. The first-order chi connectivity index (χ1) is 55.8. The van der Waals surface area contributed by atoms with Crippen LogP contribution in [-0.4, -0.2) is 168 Å². The van der Waals surface area contributed by atoms with E-state index in [4.69, 9.17) is 33.2 Å². The second-order valence-electron chi connectivity index (χ2n) is 36.1. The summed E-state index contributed by atoms with van der Waals surface area (Å²) in [6.45, 7) is 24.7. The van der Waals surface area contributed by atoms with E-state index in [1.807, 2.05) is 122 Å². The number of piperidine rings is 4. The first-order valence-electron chi connectivity index (χ1n) is 42.3. The summed E-state index contributed by atoms with van der Waals surface area (Å²) >= 11 is 0. The number of allylic oxidation sites excluding steroid dienone is 12. The Balaban J connectivity index is 0.000000116. The number of likely N-dealkylation sites (tertiary alicyclic amines) is 4. The van der Waals surface area contributed by atoms with E-state index < -0.39 is 36.2 Å². The lowest BCUT2D eigenvalue weighted by Gasteiger charge is -2.58. The number of Topliss-reactive ketones (excluding diaryl/α,β-unsaturated/α-hetero) is 1. The minimum absolute atomic E-state index is 0.189. The molecule has 8 bridgehead atoms. The lowest BCUT2D eigenvalue weighted by atomic mass is 9.52. The van der Waals surface area contributed by atoms with Gasteiger partial charge in [0.1, 0.15) is 30.2 Å². The van der Waals surface area contributed by atoms with Crippen molar-refractivity contribution in [3.8, 4) is 40.2 Å². The molecule has 1 unspecified atom stereocenters. The van der Waals surface area contributed by atoms with Gasteiger partial charge in [-0.15, -0.1) is 6.58 Å². The zero-order valence-corrected chi connectivity index (χ0v) is 69.2. The molecule has 610 valence electrons. The van der Waals surface area contributed by atoms with Crippen molar-refractivity contribution in [1.29, 1.82) is 0 Å². The predicted molar refractivity (Wildman–Crippen MR) is 448 cm³/mol. The number of hydrogen-bond acceptors (Lipinski definition) is 18. The van der Waals surface area contributed by atoms with Gasteiger partial charge < -0.3 is 58.1 Å². The van der Waals surface area contributed by atoms with Gasteiger partial charge in [-0.1, -0.05) is 138 Å². The zero-order valence-electron chi connectivity index (χ0n) is 69.2. The molecule has 7 heterocycles. The Morgan fingerprint density at radius 3 is 1.44 bits per heavy atom. The fourth-order valence-electron chi connectivity index (χ4n) is 23.6. The maximum Gasteiger partial charge on any atom is 0.336 e. The van der Waals surface area contributed by atoms with Crippen molar-refractivity contribution < 1.29 is 67.3 Å². The average Bonchev–Trinajstić information content (AvgIpc) is 1.49. The van der Waals surface area contributed by atoms with Crippen LogP contribution in [0.2, 0.25) is 0 Å². The maximum absolute atomic E-state index is 12.9. The van der Waals surface area contributed by atoms with Crippen LogP contribution in [0.15, 0.2) is 187 Å². The summed E-state index contributed by atoms with van der Waals surface area (Å²) in [6, 6.07) is 19.9. The molecule has 0 amide bonds. The summed E-state index contributed by atoms with van der Waals surface area (Å²) in [4.78, 5) is 72.0. The third-order valence-corrected chi connectivity index (χ3v) is 28.4. The van der Waals surface area contributed by atoms with Gasteiger partial charge in [-0.3, -0.25) is 9.69 Å². The van der Waals surface area contributed by atoms with Gasteiger partial charge in [0.15, 0.2) is 46.4 Å². The van der Waals surface area contributed by atoms with Crippen molar-refractivity contribution in [2.45, 2.75) is 222 Å². The molecule has 4 saturated heterocycles.